The van der Waals surface area contributed by atoms with Gasteiger partial charge >= 0.3 is 5.97 Å². The molecule has 6 nitrogen and oxygen atoms in total. The fourth-order valence-electron chi connectivity index (χ4n) is 5.13. The van der Waals surface area contributed by atoms with Crippen molar-refractivity contribution in [2.24, 2.45) is 5.92 Å². The van der Waals surface area contributed by atoms with E-state index in [0.717, 1.165) is 0 Å². The molecular formula is C28H41NO5Si. The van der Waals surface area contributed by atoms with Crippen molar-refractivity contribution in [3.8, 4) is 0 Å². The summed E-state index contributed by atoms with van der Waals surface area (Å²) in [5.74, 6) is -0.517. The van der Waals surface area contributed by atoms with Crippen molar-refractivity contribution in [3.05, 3.63) is 60.7 Å². The van der Waals surface area contributed by atoms with Crippen LogP contribution in [0.4, 0.5) is 0 Å². The van der Waals surface area contributed by atoms with E-state index in [1.54, 1.807) is 0 Å². The van der Waals surface area contributed by atoms with Gasteiger partial charge in [-0.3, -0.25) is 10.1 Å². The highest BCUT2D eigenvalue weighted by Gasteiger charge is 2.51. The molecule has 7 heteroatoms. The van der Waals surface area contributed by atoms with Crippen molar-refractivity contribution in [2.75, 3.05) is 13.2 Å². The first-order chi connectivity index (χ1) is 16.4. The number of aliphatic hydroxyl groups is 2. The smallest absolute Gasteiger partial charge is 0.323 e. The Morgan fingerprint density at radius 3 is 1.94 bits per heavy atom. The molecule has 0 aromatic heterocycles. The Morgan fingerprint density at radius 2 is 1.51 bits per heavy atom. The zero-order chi connectivity index (χ0) is 25.9. The van der Waals surface area contributed by atoms with Crippen LogP contribution in [0.25, 0.3) is 0 Å². The molecule has 1 aliphatic rings. The summed E-state index contributed by atoms with van der Waals surface area (Å²) in [6.07, 6.45) is -0.537. The van der Waals surface area contributed by atoms with E-state index in [1.807, 2.05) is 57.2 Å². The third-order valence-corrected chi connectivity index (χ3v) is 11.7. The van der Waals surface area contributed by atoms with E-state index >= 15 is 0 Å². The minimum atomic E-state index is -2.77. The van der Waals surface area contributed by atoms with Gasteiger partial charge in [-0.05, 0) is 42.6 Å². The van der Waals surface area contributed by atoms with Gasteiger partial charge in [0.25, 0.3) is 8.32 Å². The van der Waals surface area contributed by atoms with Crippen LogP contribution in [0, 0.1) is 5.92 Å². The summed E-state index contributed by atoms with van der Waals surface area (Å²) in [5, 5.41) is 25.7. The van der Waals surface area contributed by atoms with Crippen LogP contribution in [0.15, 0.2) is 60.7 Å². The maximum atomic E-state index is 12.8. The van der Waals surface area contributed by atoms with Gasteiger partial charge in [0, 0.05) is 18.6 Å². The van der Waals surface area contributed by atoms with E-state index in [0.29, 0.717) is 13.0 Å². The van der Waals surface area contributed by atoms with Gasteiger partial charge in [0.1, 0.15) is 11.6 Å². The zero-order valence-corrected chi connectivity index (χ0v) is 22.8. The molecule has 4 atom stereocenters. The lowest BCUT2D eigenvalue weighted by Crippen LogP contribution is -2.67. The van der Waals surface area contributed by atoms with Gasteiger partial charge in [0.2, 0.25) is 0 Å². The summed E-state index contributed by atoms with van der Waals surface area (Å²) < 4.78 is 12.7. The molecule has 0 spiro atoms. The van der Waals surface area contributed by atoms with Crippen LogP contribution in [-0.2, 0) is 14.0 Å². The number of hydrogen-bond donors (Lipinski definition) is 3. The summed E-state index contributed by atoms with van der Waals surface area (Å²) in [4.78, 5) is 12.8. The number of benzene rings is 2. The molecule has 3 N–H and O–H groups in total. The van der Waals surface area contributed by atoms with Crippen LogP contribution >= 0.6 is 0 Å². The number of esters is 1. The summed E-state index contributed by atoms with van der Waals surface area (Å²) in [5.41, 5.74) is -0.604. The lowest BCUT2D eigenvalue weighted by Gasteiger charge is -2.44. The number of aliphatic hydroxyl groups excluding tert-OH is 2. The average molecular weight is 500 g/mol. The number of carbonyl (C=O) groups is 1. The number of ether oxygens (including phenoxy) is 1. The maximum absolute atomic E-state index is 12.8. The molecule has 0 amide bonds. The van der Waals surface area contributed by atoms with E-state index in [2.05, 4.69) is 50.4 Å². The number of rotatable bonds is 8. The normalized spacial score (nSPS) is 22.1. The van der Waals surface area contributed by atoms with E-state index in [4.69, 9.17) is 9.16 Å². The molecule has 2 aromatic carbocycles. The summed E-state index contributed by atoms with van der Waals surface area (Å²) in [6.45, 7) is 12.1. The second kappa shape index (κ2) is 10.9. The molecule has 2 aromatic rings. The Balaban J connectivity index is 1.95. The molecule has 35 heavy (non-hydrogen) atoms. The van der Waals surface area contributed by atoms with Gasteiger partial charge in [0.15, 0.2) is 0 Å². The Hall–Kier alpha value is -2.03. The van der Waals surface area contributed by atoms with Crippen LogP contribution in [0.2, 0.25) is 5.04 Å². The van der Waals surface area contributed by atoms with Crippen molar-refractivity contribution in [2.45, 2.75) is 76.8 Å². The number of hydrogen-bond acceptors (Lipinski definition) is 6. The van der Waals surface area contributed by atoms with Gasteiger partial charge in [0.05, 0.1) is 12.7 Å². The first kappa shape index (κ1) is 27.6. The lowest BCUT2D eigenvalue weighted by molar-refractivity contribution is -0.157. The highest BCUT2D eigenvalue weighted by atomic mass is 28.4. The predicted molar refractivity (Wildman–Crippen MR) is 141 cm³/mol. The second-order valence-corrected chi connectivity index (χ2v) is 15.8. The van der Waals surface area contributed by atoms with Gasteiger partial charge < -0.3 is 19.4 Å². The van der Waals surface area contributed by atoms with Crippen molar-refractivity contribution in [1.82, 2.24) is 5.32 Å². The standard InChI is InChI=1S/C28H41NO5Si/c1-27(2,3)34-26(32)23-17-20(25(29-23)24(31)18-30)19-33-35(28(4,5)6,21-13-9-7-10-14-21)22-15-11-8-12-16-22/h7-16,20,23-25,29-31H,17-19H2,1-6H3/t20-,23+,24?,25+/m0/s1. The van der Waals surface area contributed by atoms with Gasteiger partial charge in [-0.2, -0.15) is 0 Å². The zero-order valence-electron chi connectivity index (χ0n) is 21.8. The Kier molecular flexibility index (Phi) is 8.60. The molecule has 1 heterocycles. The molecule has 1 unspecified atom stereocenters. The van der Waals surface area contributed by atoms with Crippen LogP contribution in [0.3, 0.4) is 0 Å². The van der Waals surface area contributed by atoms with Crippen LogP contribution in [-0.4, -0.2) is 61.5 Å². The average Bonchev–Trinajstić information content (AvgIpc) is 3.23. The summed E-state index contributed by atoms with van der Waals surface area (Å²) >= 11 is 0. The van der Waals surface area contributed by atoms with Crippen molar-refractivity contribution < 1.29 is 24.2 Å². The molecule has 3 rings (SSSR count). The summed E-state index contributed by atoms with van der Waals surface area (Å²) in [7, 11) is -2.77. The predicted octanol–water partition coefficient (Wildman–Crippen LogP) is 2.60. The summed E-state index contributed by atoms with van der Waals surface area (Å²) in [6, 6.07) is 19.7. The quantitative estimate of drug-likeness (QED) is 0.382. The van der Waals surface area contributed by atoms with Crippen LogP contribution in [0.5, 0.6) is 0 Å². The maximum Gasteiger partial charge on any atom is 0.323 e. The van der Waals surface area contributed by atoms with Crippen molar-refractivity contribution in [1.29, 1.82) is 0 Å². The molecule has 1 saturated heterocycles. The molecule has 0 bridgehead atoms. The third-order valence-electron chi connectivity index (χ3n) is 6.66. The van der Waals surface area contributed by atoms with Gasteiger partial charge in [-0.1, -0.05) is 81.4 Å². The molecular weight excluding hydrogens is 458 g/mol. The first-order valence-corrected chi connectivity index (χ1v) is 14.3. The Bertz CT molecular complexity index is 915. The molecule has 0 saturated carbocycles. The van der Waals surface area contributed by atoms with E-state index in [9.17, 15) is 15.0 Å². The van der Waals surface area contributed by atoms with Gasteiger partial charge in [-0.15, -0.1) is 0 Å². The number of carbonyl (C=O) groups excluding carboxylic acids is 1. The fourth-order valence-corrected chi connectivity index (χ4v) is 9.75. The highest BCUT2D eigenvalue weighted by Crippen LogP contribution is 2.38. The second-order valence-electron chi connectivity index (χ2n) is 11.5. The lowest BCUT2D eigenvalue weighted by atomic mass is 9.96. The molecule has 192 valence electrons. The third kappa shape index (κ3) is 6.21. The van der Waals surface area contributed by atoms with E-state index < -0.39 is 38.7 Å². The van der Waals surface area contributed by atoms with Crippen LogP contribution < -0.4 is 15.7 Å². The molecule has 0 aliphatic carbocycles. The van der Waals surface area contributed by atoms with E-state index in [1.165, 1.54) is 10.4 Å². The highest BCUT2D eigenvalue weighted by molar-refractivity contribution is 6.99. The minimum absolute atomic E-state index is 0.170. The largest absolute Gasteiger partial charge is 0.459 e. The molecule has 1 fully saturated rings. The molecule has 0 radical (unpaired) electrons. The topological polar surface area (TPSA) is 88.0 Å². The monoisotopic (exact) mass is 499 g/mol. The van der Waals surface area contributed by atoms with Crippen molar-refractivity contribution in [3.63, 3.8) is 0 Å². The fraction of sp³-hybridized carbons (Fsp3) is 0.536. The van der Waals surface area contributed by atoms with Gasteiger partial charge in [-0.25, -0.2) is 0 Å². The number of nitrogens with one attached hydrogen (secondary N) is 1. The Morgan fingerprint density at radius 1 is 1.00 bits per heavy atom. The molecule has 1 aliphatic heterocycles. The minimum Gasteiger partial charge on any atom is -0.459 e. The van der Waals surface area contributed by atoms with Crippen LogP contribution in [0.1, 0.15) is 48.0 Å². The first-order valence-electron chi connectivity index (χ1n) is 12.4. The van der Waals surface area contributed by atoms with Crippen molar-refractivity contribution >= 4 is 24.7 Å². The van der Waals surface area contributed by atoms with E-state index in [-0.39, 0.29) is 16.9 Å². The SMILES string of the molecule is CC(C)(C)OC(=O)[C@H]1C[C@@H](CO[Si](c2ccccc2)(c2ccccc2)C(C)(C)C)[C@H](C(O)CO)N1. The Labute approximate surface area is 210 Å².